The summed E-state index contributed by atoms with van der Waals surface area (Å²) in [5, 5.41) is 3.19. The first-order chi connectivity index (χ1) is 6.53. The van der Waals surface area contributed by atoms with Gasteiger partial charge in [0.1, 0.15) is 0 Å². The van der Waals surface area contributed by atoms with Crippen molar-refractivity contribution in [1.82, 2.24) is 0 Å². The molecule has 76 valence electrons. The summed E-state index contributed by atoms with van der Waals surface area (Å²) in [6.45, 7) is 0. The second-order valence-electron chi connectivity index (χ2n) is 2.36. The topological polar surface area (TPSA) is 38.4 Å². The van der Waals surface area contributed by atoms with Crippen LogP contribution in [-0.2, 0) is 0 Å². The third-order valence-corrected chi connectivity index (χ3v) is 2.18. The molecule has 0 bridgehead atoms. The summed E-state index contributed by atoms with van der Waals surface area (Å²) < 4.78 is 36.1. The van der Waals surface area contributed by atoms with Crippen molar-refractivity contribution in [2.75, 3.05) is 0 Å². The Kier molecular flexibility index (Phi) is 3.40. The SMILES string of the molecule is NN=Cc1ccccc1SC(F)(F)F. The Labute approximate surface area is 83.0 Å². The standard InChI is InChI=1S/C8H7F3N2S/c9-8(10,11)14-7-4-2-1-3-6(7)5-13-12/h1-5H,12H2. The minimum absolute atomic E-state index is 0.0919. The maximum atomic E-state index is 12.0. The molecule has 0 saturated carbocycles. The number of thioether (sulfide) groups is 1. The molecule has 1 rings (SSSR count). The van der Waals surface area contributed by atoms with Crippen LogP contribution in [0.3, 0.4) is 0 Å². The number of nitrogens with zero attached hydrogens (tertiary/aromatic N) is 1. The number of alkyl halides is 3. The second kappa shape index (κ2) is 4.36. The van der Waals surface area contributed by atoms with Crippen molar-refractivity contribution in [3.05, 3.63) is 29.8 Å². The molecule has 0 saturated heterocycles. The van der Waals surface area contributed by atoms with Gasteiger partial charge in [0.05, 0.1) is 6.21 Å². The van der Waals surface area contributed by atoms with E-state index in [0.717, 1.165) is 0 Å². The quantitative estimate of drug-likeness (QED) is 0.360. The van der Waals surface area contributed by atoms with Gasteiger partial charge in [-0.2, -0.15) is 18.3 Å². The van der Waals surface area contributed by atoms with Gasteiger partial charge >= 0.3 is 5.51 Å². The van der Waals surface area contributed by atoms with Gasteiger partial charge in [-0.15, -0.1) is 0 Å². The lowest BCUT2D eigenvalue weighted by molar-refractivity contribution is -0.0328. The smallest absolute Gasteiger partial charge is 0.323 e. The maximum Gasteiger partial charge on any atom is 0.446 e. The predicted octanol–water partition coefficient (Wildman–Crippen LogP) is 2.59. The zero-order valence-corrected chi connectivity index (χ0v) is 7.77. The average molecular weight is 220 g/mol. The molecule has 0 aromatic heterocycles. The van der Waals surface area contributed by atoms with E-state index in [1.807, 2.05) is 0 Å². The summed E-state index contributed by atoms with van der Waals surface area (Å²) in [4.78, 5) is 0.0919. The first-order valence-electron chi connectivity index (χ1n) is 3.61. The van der Waals surface area contributed by atoms with Gasteiger partial charge < -0.3 is 5.84 Å². The van der Waals surface area contributed by atoms with Crippen molar-refractivity contribution < 1.29 is 13.2 Å². The van der Waals surface area contributed by atoms with Crippen LogP contribution in [0.2, 0.25) is 0 Å². The van der Waals surface area contributed by atoms with Gasteiger partial charge in [-0.25, -0.2) is 0 Å². The van der Waals surface area contributed by atoms with Crippen LogP contribution >= 0.6 is 11.8 Å². The van der Waals surface area contributed by atoms with Crippen molar-refractivity contribution >= 4 is 18.0 Å². The van der Waals surface area contributed by atoms with E-state index in [-0.39, 0.29) is 16.7 Å². The van der Waals surface area contributed by atoms with Crippen LogP contribution < -0.4 is 5.84 Å². The van der Waals surface area contributed by atoms with Crippen LogP contribution in [0.1, 0.15) is 5.56 Å². The van der Waals surface area contributed by atoms with Crippen LogP contribution in [-0.4, -0.2) is 11.7 Å². The fourth-order valence-electron chi connectivity index (χ4n) is 0.885. The van der Waals surface area contributed by atoms with E-state index < -0.39 is 5.51 Å². The number of rotatable bonds is 2. The molecule has 0 aliphatic rings. The molecule has 0 atom stereocenters. The highest BCUT2D eigenvalue weighted by molar-refractivity contribution is 8.00. The number of hydrazone groups is 1. The predicted molar refractivity (Wildman–Crippen MR) is 50.1 cm³/mol. The highest BCUT2D eigenvalue weighted by Crippen LogP contribution is 2.37. The van der Waals surface area contributed by atoms with E-state index in [1.165, 1.54) is 24.4 Å². The third kappa shape index (κ3) is 3.29. The van der Waals surface area contributed by atoms with Gasteiger partial charge in [0.2, 0.25) is 0 Å². The van der Waals surface area contributed by atoms with Crippen LogP contribution in [0.4, 0.5) is 13.2 Å². The summed E-state index contributed by atoms with van der Waals surface area (Å²) in [5.41, 5.74) is -3.93. The Hall–Kier alpha value is -1.17. The number of benzene rings is 1. The molecule has 2 nitrogen and oxygen atoms in total. The van der Waals surface area contributed by atoms with Crippen molar-refractivity contribution in [3.8, 4) is 0 Å². The van der Waals surface area contributed by atoms with Gasteiger partial charge in [0, 0.05) is 10.5 Å². The molecule has 0 aliphatic heterocycles. The zero-order valence-electron chi connectivity index (χ0n) is 6.95. The van der Waals surface area contributed by atoms with Crippen molar-refractivity contribution in [2.45, 2.75) is 10.4 Å². The summed E-state index contributed by atoms with van der Waals surface area (Å²) in [6.07, 6.45) is 1.19. The number of hydrogen-bond donors (Lipinski definition) is 1. The van der Waals surface area contributed by atoms with E-state index in [9.17, 15) is 13.2 Å². The summed E-state index contributed by atoms with van der Waals surface area (Å²) in [5.74, 6) is 4.87. The second-order valence-corrected chi connectivity index (χ2v) is 3.47. The van der Waals surface area contributed by atoms with Crippen molar-refractivity contribution in [3.63, 3.8) is 0 Å². The first-order valence-corrected chi connectivity index (χ1v) is 4.42. The Morgan fingerprint density at radius 3 is 2.50 bits per heavy atom. The fourth-order valence-corrected chi connectivity index (χ4v) is 1.52. The molecule has 0 radical (unpaired) electrons. The van der Waals surface area contributed by atoms with E-state index in [1.54, 1.807) is 6.07 Å². The lowest BCUT2D eigenvalue weighted by Crippen LogP contribution is -2.01. The highest BCUT2D eigenvalue weighted by atomic mass is 32.2. The molecule has 0 fully saturated rings. The van der Waals surface area contributed by atoms with Gasteiger partial charge in [0.15, 0.2) is 0 Å². The van der Waals surface area contributed by atoms with E-state index >= 15 is 0 Å². The van der Waals surface area contributed by atoms with E-state index in [2.05, 4.69) is 5.10 Å². The molecule has 0 aliphatic carbocycles. The lowest BCUT2D eigenvalue weighted by Gasteiger charge is -2.07. The van der Waals surface area contributed by atoms with E-state index in [4.69, 9.17) is 5.84 Å². The van der Waals surface area contributed by atoms with Crippen LogP contribution in [0, 0.1) is 0 Å². The summed E-state index contributed by atoms with van der Waals surface area (Å²) in [6, 6.07) is 6.04. The number of hydrogen-bond acceptors (Lipinski definition) is 3. The number of nitrogens with two attached hydrogens (primary N) is 1. The van der Waals surface area contributed by atoms with Gasteiger partial charge in [-0.3, -0.25) is 0 Å². The van der Waals surface area contributed by atoms with Crippen LogP contribution in [0.25, 0.3) is 0 Å². The summed E-state index contributed by atoms with van der Waals surface area (Å²) in [7, 11) is 0. The zero-order chi connectivity index (χ0) is 10.6. The minimum Gasteiger partial charge on any atom is -0.323 e. The Bertz CT molecular complexity index is 336. The van der Waals surface area contributed by atoms with Crippen LogP contribution in [0.15, 0.2) is 34.3 Å². The average Bonchev–Trinajstić information content (AvgIpc) is 2.06. The molecular weight excluding hydrogens is 213 g/mol. The lowest BCUT2D eigenvalue weighted by atomic mass is 10.2. The third-order valence-electron chi connectivity index (χ3n) is 1.36. The minimum atomic E-state index is -4.29. The Morgan fingerprint density at radius 1 is 1.29 bits per heavy atom. The largest absolute Gasteiger partial charge is 0.446 e. The Morgan fingerprint density at radius 2 is 1.93 bits per heavy atom. The Balaban J connectivity index is 2.96. The van der Waals surface area contributed by atoms with Gasteiger partial charge in [-0.1, -0.05) is 18.2 Å². The molecule has 14 heavy (non-hydrogen) atoms. The normalized spacial score (nSPS) is 12.2. The molecule has 0 amide bonds. The fraction of sp³-hybridized carbons (Fsp3) is 0.125. The first kappa shape index (κ1) is 10.9. The molecule has 2 N–H and O–H groups in total. The van der Waals surface area contributed by atoms with Crippen molar-refractivity contribution in [2.24, 2.45) is 10.9 Å². The molecule has 0 spiro atoms. The highest BCUT2D eigenvalue weighted by Gasteiger charge is 2.29. The van der Waals surface area contributed by atoms with E-state index in [0.29, 0.717) is 5.56 Å². The molecule has 6 heteroatoms. The van der Waals surface area contributed by atoms with Crippen LogP contribution in [0.5, 0.6) is 0 Å². The molecule has 0 heterocycles. The summed E-state index contributed by atoms with van der Waals surface area (Å²) >= 11 is -0.179. The van der Waals surface area contributed by atoms with Crippen molar-refractivity contribution in [1.29, 1.82) is 0 Å². The molecule has 0 unspecified atom stereocenters. The maximum absolute atomic E-state index is 12.0. The monoisotopic (exact) mass is 220 g/mol. The van der Waals surface area contributed by atoms with Gasteiger partial charge in [-0.05, 0) is 17.8 Å². The molecule has 1 aromatic carbocycles. The molecule has 1 aromatic rings. The number of halogens is 3. The van der Waals surface area contributed by atoms with Gasteiger partial charge in [0.25, 0.3) is 0 Å². The molecular formula is C8H7F3N2S.